The molecule has 0 bridgehead atoms. The summed E-state index contributed by atoms with van der Waals surface area (Å²) in [5.41, 5.74) is 0.352. The maximum atomic E-state index is 13.5. The number of anilines is 3. The number of alkyl halides is 3. The molecule has 3 rings (SSSR count). The third kappa shape index (κ3) is 7.29. The Labute approximate surface area is 196 Å². The average molecular weight is 485 g/mol. The summed E-state index contributed by atoms with van der Waals surface area (Å²) >= 11 is 0. The van der Waals surface area contributed by atoms with Gasteiger partial charge in [0, 0.05) is 38.6 Å². The lowest BCUT2D eigenvalue weighted by Crippen LogP contribution is -2.33. The number of carbonyl (C=O) groups excluding carboxylic acids is 1. The molecule has 1 aliphatic rings. The Bertz CT molecular complexity index is 964. The zero-order valence-corrected chi connectivity index (χ0v) is 19.7. The Balaban J connectivity index is 1.66. The summed E-state index contributed by atoms with van der Waals surface area (Å²) in [4.78, 5) is 23.6. The fraction of sp³-hybridized carbons (Fsp3) is 0.619. The van der Waals surface area contributed by atoms with Crippen LogP contribution in [0.15, 0.2) is 12.4 Å². The molecule has 0 unspecified atom stereocenters. The summed E-state index contributed by atoms with van der Waals surface area (Å²) in [6, 6.07) is 0. The highest BCUT2D eigenvalue weighted by molar-refractivity contribution is 5.76. The van der Waals surface area contributed by atoms with Crippen LogP contribution in [-0.4, -0.2) is 88.9 Å². The van der Waals surface area contributed by atoms with Gasteiger partial charge in [-0.1, -0.05) is 0 Å². The van der Waals surface area contributed by atoms with Crippen molar-refractivity contribution in [3.8, 4) is 0 Å². The van der Waals surface area contributed by atoms with Crippen molar-refractivity contribution >= 4 is 23.4 Å². The van der Waals surface area contributed by atoms with E-state index in [-0.39, 0.29) is 24.2 Å². The molecule has 2 N–H and O–H groups in total. The summed E-state index contributed by atoms with van der Waals surface area (Å²) in [7, 11) is 3.92. The minimum absolute atomic E-state index is 0.0106. The molecule has 0 radical (unpaired) electrons. The number of amides is 1. The van der Waals surface area contributed by atoms with E-state index in [1.54, 1.807) is 22.7 Å². The zero-order chi connectivity index (χ0) is 24.7. The third-order valence-corrected chi connectivity index (χ3v) is 5.28. The Hall–Kier alpha value is -2.93. The number of aromatic nitrogens is 4. The summed E-state index contributed by atoms with van der Waals surface area (Å²) < 4.78 is 47.5. The molecule has 0 saturated carbocycles. The van der Waals surface area contributed by atoms with Crippen LogP contribution in [0.2, 0.25) is 0 Å². The van der Waals surface area contributed by atoms with Crippen molar-refractivity contribution in [1.82, 2.24) is 29.5 Å². The number of hydrogen-bond acceptors (Lipinski definition) is 8. The van der Waals surface area contributed by atoms with E-state index in [9.17, 15) is 18.0 Å². The molecule has 0 aliphatic carbocycles. The van der Waals surface area contributed by atoms with Crippen molar-refractivity contribution in [3.05, 3.63) is 23.7 Å². The number of hydrogen-bond donors (Lipinski definition) is 2. The number of aryl methyl sites for hydroxylation is 1. The van der Waals surface area contributed by atoms with E-state index < -0.39 is 11.7 Å². The van der Waals surface area contributed by atoms with E-state index in [0.29, 0.717) is 57.1 Å². The molecule has 188 valence electrons. The van der Waals surface area contributed by atoms with Gasteiger partial charge in [-0.2, -0.15) is 23.3 Å². The zero-order valence-electron chi connectivity index (χ0n) is 19.7. The highest BCUT2D eigenvalue weighted by atomic mass is 19.4. The molecule has 1 fully saturated rings. The minimum atomic E-state index is -4.61. The number of halogens is 3. The number of likely N-dealkylation sites (N-methyl/N-ethyl adjacent to an activating group) is 1. The second-order valence-electron chi connectivity index (χ2n) is 8.30. The van der Waals surface area contributed by atoms with Gasteiger partial charge in [-0.15, -0.1) is 0 Å². The Morgan fingerprint density at radius 2 is 2.03 bits per heavy atom. The molecule has 0 aromatic carbocycles. The molecule has 2 aromatic heterocycles. The second kappa shape index (κ2) is 11.5. The first kappa shape index (κ1) is 25.7. The Kier molecular flexibility index (Phi) is 8.67. The van der Waals surface area contributed by atoms with Crippen molar-refractivity contribution in [2.45, 2.75) is 32.5 Å². The van der Waals surface area contributed by atoms with Crippen LogP contribution in [0.4, 0.5) is 30.6 Å². The number of rotatable bonds is 10. The smallest absolute Gasteiger partial charge is 0.379 e. The van der Waals surface area contributed by atoms with Crippen LogP contribution in [0.1, 0.15) is 24.1 Å². The van der Waals surface area contributed by atoms with Gasteiger partial charge in [0.2, 0.25) is 11.9 Å². The summed E-state index contributed by atoms with van der Waals surface area (Å²) in [5, 5.41) is 10.1. The molecule has 0 atom stereocenters. The highest BCUT2D eigenvalue weighted by Gasteiger charge is 2.35. The van der Waals surface area contributed by atoms with Crippen molar-refractivity contribution < 1.29 is 22.7 Å². The van der Waals surface area contributed by atoms with Crippen molar-refractivity contribution in [1.29, 1.82) is 0 Å². The summed E-state index contributed by atoms with van der Waals surface area (Å²) in [5.74, 6) is -0.290. The topological polar surface area (TPSA) is 100 Å². The van der Waals surface area contributed by atoms with Gasteiger partial charge in [-0.05, 0) is 27.4 Å². The fourth-order valence-electron chi connectivity index (χ4n) is 3.39. The maximum absolute atomic E-state index is 13.5. The summed E-state index contributed by atoms with van der Waals surface area (Å²) in [6.45, 7) is 5.24. The number of nitrogens with zero attached hydrogens (tertiary/aromatic N) is 6. The molecule has 10 nitrogen and oxygen atoms in total. The number of ether oxygens (including phenoxy) is 1. The first-order valence-corrected chi connectivity index (χ1v) is 11.1. The molecule has 3 heterocycles. The summed E-state index contributed by atoms with van der Waals surface area (Å²) in [6.07, 6.45) is -1.29. The van der Waals surface area contributed by atoms with Gasteiger partial charge >= 0.3 is 6.18 Å². The first-order valence-electron chi connectivity index (χ1n) is 11.1. The fourth-order valence-corrected chi connectivity index (χ4v) is 3.39. The molecule has 13 heteroatoms. The lowest BCUT2D eigenvalue weighted by atomic mass is 10.3. The molecular formula is C21H31F3N8O2. The van der Waals surface area contributed by atoms with Gasteiger partial charge in [0.1, 0.15) is 11.4 Å². The minimum Gasteiger partial charge on any atom is -0.379 e. The van der Waals surface area contributed by atoms with E-state index in [4.69, 9.17) is 4.74 Å². The van der Waals surface area contributed by atoms with Gasteiger partial charge in [-0.25, -0.2) is 4.98 Å². The number of nitrogens with one attached hydrogen (secondary N) is 2. The predicted molar refractivity (Wildman–Crippen MR) is 121 cm³/mol. The molecule has 1 amide bonds. The highest BCUT2D eigenvalue weighted by Crippen LogP contribution is 2.34. The lowest BCUT2D eigenvalue weighted by Gasteiger charge is -2.20. The molecule has 0 spiro atoms. The largest absolute Gasteiger partial charge is 0.421 e. The molecule has 1 saturated heterocycles. The van der Waals surface area contributed by atoms with Gasteiger partial charge in [0.05, 0.1) is 37.6 Å². The van der Waals surface area contributed by atoms with Gasteiger partial charge < -0.3 is 25.2 Å². The van der Waals surface area contributed by atoms with Gasteiger partial charge in [0.25, 0.3) is 0 Å². The van der Waals surface area contributed by atoms with Crippen LogP contribution in [0.25, 0.3) is 0 Å². The van der Waals surface area contributed by atoms with Crippen molar-refractivity contribution in [3.63, 3.8) is 0 Å². The van der Waals surface area contributed by atoms with Crippen LogP contribution in [0.5, 0.6) is 0 Å². The second-order valence-corrected chi connectivity index (χ2v) is 8.30. The molecule has 2 aromatic rings. The van der Waals surface area contributed by atoms with Crippen LogP contribution in [0, 0.1) is 6.92 Å². The normalized spacial score (nSPS) is 15.0. The van der Waals surface area contributed by atoms with Crippen molar-refractivity contribution in [2.24, 2.45) is 0 Å². The van der Waals surface area contributed by atoms with Crippen LogP contribution in [-0.2, 0) is 22.3 Å². The quantitative estimate of drug-likeness (QED) is 0.496. The van der Waals surface area contributed by atoms with E-state index in [2.05, 4.69) is 25.7 Å². The predicted octanol–water partition coefficient (Wildman–Crippen LogP) is 2.36. The van der Waals surface area contributed by atoms with Gasteiger partial charge in [0.15, 0.2) is 0 Å². The number of carbonyl (C=O) groups is 1. The van der Waals surface area contributed by atoms with Gasteiger partial charge in [-0.3, -0.25) is 9.48 Å². The Morgan fingerprint density at radius 3 is 2.76 bits per heavy atom. The Morgan fingerprint density at radius 1 is 1.24 bits per heavy atom. The first-order chi connectivity index (χ1) is 16.1. The average Bonchev–Trinajstić information content (AvgIpc) is 2.97. The standard InChI is InChI=1S/C21H31F3N8O2/c1-15-17(14-32(29-15)9-8-30(2)3)27-20-26-13-16(21(22,23)24)19(28-20)25-6-4-7-31-10-12-34-11-5-18(31)33/h13-14H,4-12H2,1-3H3,(H2,25,26,27,28). The maximum Gasteiger partial charge on any atom is 0.421 e. The SMILES string of the molecule is Cc1nn(CCN(C)C)cc1Nc1ncc(C(F)(F)F)c(NCCCN2CCOCCC2=O)n1. The van der Waals surface area contributed by atoms with Crippen LogP contribution < -0.4 is 10.6 Å². The van der Waals surface area contributed by atoms with Crippen LogP contribution >= 0.6 is 0 Å². The van der Waals surface area contributed by atoms with E-state index >= 15 is 0 Å². The molecular weight excluding hydrogens is 453 g/mol. The van der Waals surface area contributed by atoms with E-state index in [0.717, 1.165) is 12.7 Å². The lowest BCUT2D eigenvalue weighted by molar-refractivity contribution is -0.137. The van der Waals surface area contributed by atoms with Crippen LogP contribution in [0.3, 0.4) is 0 Å². The van der Waals surface area contributed by atoms with Crippen molar-refractivity contribution in [2.75, 3.05) is 64.1 Å². The molecule has 1 aliphatic heterocycles. The van der Waals surface area contributed by atoms with E-state index in [1.165, 1.54) is 0 Å². The van der Waals surface area contributed by atoms with E-state index in [1.807, 2.05) is 19.0 Å². The molecule has 34 heavy (non-hydrogen) atoms. The monoisotopic (exact) mass is 484 g/mol. The third-order valence-electron chi connectivity index (χ3n) is 5.28.